The molecule has 0 radical (unpaired) electrons. The maximum absolute atomic E-state index is 13.1. The van der Waals surface area contributed by atoms with Crippen LogP contribution in [0, 0.1) is 59.2 Å². The van der Waals surface area contributed by atoms with Gasteiger partial charge in [-0.05, 0) is 73.0 Å². The van der Waals surface area contributed by atoms with E-state index in [1.54, 1.807) is 0 Å². The van der Waals surface area contributed by atoms with Gasteiger partial charge >= 0.3 is 11.4 Å². The lowest BCUT2D eigenvalue weighted by Crippen LogP contribution is -2.43. The monoisotopic (exact) mass is 421 g/mol. The number of rotatable bonds is 4. The maximum Gasteiger partial charge on any atom is 0.328 e. The van der Waals surface area contributed by atoms with Crippen LogP contribution in [0.5, 0.6) is 0 Å². The molecule has 0 N–H and O–H groups in total. The van der Waals surface area contributed by atoms with Crippen molar-refractivity contribution in [2.75, 3.05) is 0 Å². The predicted molar refractivity (Wildman–Crippen MR) is 105 cm³/mol. The molecule has 1 aliphatic heterocycles. The first kappa shape index (κ1) is 18.9. The second kappa shape index (κ2) is 6.60. The molecule has 0 spiro atoms. The number of hydrogen-bond acceptors (Lipinski definition) is 5. The molecule has 0 aromatic heterocycles. The van der Waals surface area contributed by atoms with Gasteiger partial charge in [-0.25, -0.2) is 0 Å². The number of imide groups is 1. The van der Waals surface area contributed by atoms with Crippen molar-refractivity contribution in [3.63, 3.8) is 0 Å². The smallest absolute Gasteiger partial charge is 0.272 e. The van der Waals surface area contributed by atoms with E-state index in [1.807, 2.05) is 0 Å². The molecule has 2 amide bonds. The van der Waals surface area contributed by atoms with E-state index in [-0.39, 0.29) is 29.8 Å². The summed E-state index contributed by atoms with van der Waals surface area (Å²) in [6, 6.07) is 0. The quantitative estimate of drug-likeness (QED) is 0.515. The van der Waals surface area contributed by atoms with Gasteiger partial charge in [0.15, 0.2) is 0 Å². The predicted octanol–water partition coefficient (Wildman–Crippen LogP) is 3.25. The molecular weight excluding hydrogens is 390 g/mol. The SMILES string of the molecule is CC1C(C)C2CC1C1C3CC(C4C(=O)N(OS(=O)OC5CCCCC5)C(=O)C34)C21. The summed E-state index contributed by atoms with van der Waals surface area (Å²) in [5.74, 6) is 3.58. The molecule has 6 fully saturated rings. The second-order valence-electron chi connectivity index (χ2n) is 10.7. The Balaban J connectivity index is 1.19. The zero-order chi connectivity index (χ0) is 20.0. The lowest BCUT2D eigenvalue weighted by Gasteiger charge is -2.43. The lowest BCUT2D eigenvalue weighted by atomic mass is 9.60. The van der Waals surface area contributed by atoms with E-state index in [4.69, 9.17) is 8.47 Å². The number of carbonyl (C=O) groups excluding carboxylic acids is 2. The molecule has 7 heteroatoms. The summed E-state index contributed by atoms with van der Waals surface area (Å²) in [4.78, 5) is 26.3. The number of nitrogens with zero attached hydrogens (tertiary/aromatic N) is 1. The van der Waals surface area contributed by atoms with Crippen molar-refractivity contribution in [1.82, 2.24) is 5.06 Å². The Labute approximate surface area is 174 Å². The molecule has 11 atom stereocenters. The first-order valence-corrected chi connectivity index (χ1v) is 12.6. The van der Waals surface area contributed by atoms with Crippen molar-refractivity contribution in [2.45, 2.75) is 64.9 Å². The molecular formula is C22H31NO5S. The number of hydroxylamine groups is 2. The van der Waals surface area contributed by atoms with Crippen molar-refractivity contribution in [2.24, 2.45) is 59.2 Å². The first-order valence-electron chi connectivity index (χ1n) is 11.6. The highest BCUT2D eigenvalue weighted by molar-refractivity contribution is 7.75. The number of amides is 2. The molecule has 6 nitrogen and oxygen atoms in total. The van der Waals surface area contributed by atoms with E-state index in [0.717, 1.165) is 49.0 Å². The Morgan fingerprint density at radius 3 is 1.90 bits per heavy atom. The fraction of sp³-hybridized carbons (Fsp3) is 0.909. The first-order chi connectivity index (χ1) is 14.0. The Morgan fingerprint density at radius 2 is 1.34 bits per heavy atom. The molecule has 6 aliphatic rings. The second-order valence-corrected chi connectivity index (χ2v) is 11.4. The summed E-state index contributed by atoms with van der Waals surface area (Å²) in [6.07, 6.45) is 7.19. The van der Waals surface area contributed by atoms with Gasteiger partial charge in [-0.3, -0.25) is 13.8 Å². The van der Waals surface area contributed by atoms with Crippen LogP contribution in [0.4, 0.5) is 0 Å². The van der Waals surface area contributed by atoms with Gasteiger partial charge in [-0.2, -0.15) is 4.21 Å². The van der Waals surface area contributed by atoms with Crippen LogP contribution in [-0.4, -0.2) is 27.2 Å². The minimum Gasteiger partial charge on any atom is -0.272 e. The van der Waals surface area contributed by atoms with Crippen LogP contribution in [0.2, 0.25) is 0 Å². The molecule has 29 heavy (non-hydrogen) atoms. The summed E-state index contributed by atoms with van der Waals surface area (Å²) in [6.45, 7) is 4.75. The van der Waals surface area contributed by atoms with Crippen molar-refractivity contribution in [1.29, 1.82) is 0 Å². The molecule has 4 bridgehead atoms. The van der Waals surface area contributed by atoms with Gasteiger partial charge in [0, 0.05) is 0 Å². The Morgan fingerprint density at radius 1 is 0.828 bits per heavy atom. The van der Waals surface area contributed by atoms with E-state index in [1.165, 1.54) is 12.8 Å². The van der Waals surface area contributed by atoms with Gasteiger partial charge in [0.1, 0.15) is 0 Å². The van der Waals surface area contributed by atoms with Gasteiger partial charge in [-0.1, -0.05) is 33.1 Å². The molecule has 1 saturated heterocycles. The fourth-order valence-electron chi connectivity index (χ4n) is 8.73. The molecule has 0 aromatic carbocycles. The molecule has 5 aliphatic carbocycles. The minimum absolute atomic E-state index is 0.106. The minimum atomic E-state index is -2.09. The van der Waals surface area contributed by atoms with Crippen LogP contribution in [0.15, 0.2) is 0 Å². The molecule has 1 heterocycles. The third-order valence-electron chi connectivity index (χ3n) is 9.87. The standard InChI is InChI=1S/C22H31NO5S/c1-10-11(2)14-8-13(10)17-15-9-16(18(14)17)20-19(15)21(24)23(22(20)25)28-29(26)27-12-6-4-3-5-7-12/h10-20H,3-9H2,1-2H3. The highest BCUT2D eigenvalue weighted by atomic mass is 32.2. The van der Waals surface area contributed by atoms with Gasteiger partial charge in [0.25, 0.3) is 11.8 Å². The van der Waals surface area contributed by atoms with Crippen molar-refractivity contribution in [3.8, 4) is 0 Å². The Kier molecular flexibility index (Phi) is 4.31. The highest BCUT2D eigenvalue weighted by Crippen LogP contribution is 2.73. The van der Waals surface area contributed by atoms with Crippen molar-refractivity contribution < 1.29 is 22.3 Å². The average molecular weight is 422 g/mol. The summed E-state index contributed by atoms with van der Waals surface area (Å²) in [5, 5.41) is 0.823. The highest BCUT2D eigenvalue weighted by Gasteiger charge is 2.73. The third-order valence-corrected chi connectivity index (χ3v) is 10.6. The summed E-state index contributed by atoms with van der Waals surface area (Å²) in [5.41, 5.74) is 0. The maximum atomic E-state index is 13.1. The molecule has 0 aromatic rings. The Hall–Kier alpha value is -0.790. The van der Waals surface area contributed by atoms with E-state index < -0.39 is 11.4 Å². The number of fused-ring (bicyclic) bond motifs is 12. The molecule has 6 rings (SSSR count). The summed E-state index contributed by atoms with van der Waals surface area (Å²) in [7, 11) is 0. The van der Waals surface area contributed by atoms with Crippen LogP contribution in [-0.2, 0) is 29.4 Å². The Bertz CT molecular complexity index is 722. The number of hydrogen-bond donors (Lipinski definition) is 0. The van der Waals surface area contributed by atoms with E-state index in [0.29, 0.717) is 35.5 Å². The molecule has 11 unspecified atom stereocenters. The van der Waals surface area contributed by atoms with Crippen molar-refractivity contribution >= 4 is 23.2 Å². The van der Waals surface area contributed by atoms with Gasteiger partial charge < -0.3 is 0 Å². The van der Waals surface area contributed by atoms with Crippen LogP contribution in [0.3, 0.4) is 0 Å². The van der Waals surface area contributed by atoms with Crippen LogP contribution < -0.4 is 0 Å². The van der Waals surface area contributed by atoms with Crippen LogP contribution in [0.1, 0.15) is 58.8 Å². The average Bonchev–Trinajstić information content (AvgIpc) is 3.47. The zero-order valence-electron chi connectivity index (χ0n) is 17.2. The third kappa shape index (κ3) is 2.50. The molecule has 160 valence electrons. The number of carbonyl (C=O) groups is 2. The topological polar surface area (TPSA) is 72.9 Å². The van der Waals surface area contributed by atoms with Crippen molar-refractivity contribution in [3.05, 3.63) is 0 Å². The normalized spacial score (nSPS) is 51.7. The summed E-state index contributed by atoms with van der Waals surface area (Å²) >= 11 is -2.09. The van der Waals surface area contributed by atoms with Gasteiger partial charge in [0.05, 0.1) is 17.9 Å². The fourth-order valence-corrected chi connectivity index (χ4v) is 9.44. The van der Waals surface area contributed by atoms with Crippen LogP contribution in [0.25, 0.3) is 0 Å². The summed E-state index contributed by atoms with van der Waals surface area (Å²) < 4.78 is 23.2. The largest absolute Gasteiger partial charge is 0.328 e. The van der Waals surface area contributed by atoms with Gasteiger partial charge in [0.2, 0.25) is 0 Å². The lowest BCUT2D eigenvalue weighted by molar-refractivity contribution is -0.167. The van der Waals surface area contributed by atoms with E-state index >= 15 is 0 Å². The zero-order valence-corrected chi connectivity index (χ0v) is 18.0. The van der Waals surface area contributed by atoms with Gasteiger partial charge in [-0.15, -0.1) is 9.35 Å². The van der Waals surface area contributed by atoms with Crippen LogP contribution >= 0.6 is 0 Å². The van der Waals surface area contributed by atoms with E-state index in [2.05, 4.69) is 13.8 Å². The van der Waals surface area contributed by atoms with E-state index in [9.17, 15) is 13.8 Å². The molecule has 5 saturated carbocycles.